The second kappa shape index (κ2) is 5.91. The van der Waals surface area contributed by atoms with E-state index in [2.05, 4.69) is 22.0 Å². The smallest absolute Gasteiger partial charge is 0.356 e. The normalized spacial score (nSPS) is 15.9. The Morgan fingerprint density at radius 3 is 2.89 bits per heavy atom. The van der Waals surface area contributed by atoms with Crippen LogP contribution in [-0.4, -0.2) is 24.1 Å². The topological polar surface area (TPSA) is 77.2 Å². The van der Waals surface area contributed by atoms with E-state index in [1.165, 1.54) is 20.0 Å². The molecule has 1 saturated carbocycles. The van der Waals surface area contributed by atoms with Gasteiger partial charge in [-0.1, -0.05) is 19.8 Å². The molecule has 0 radical (unpaired) electrons. The summed E-state index contributed by atoms with van der Waals surface area (Å²) < 4.78 is 4.67. The number of aromatic nitrogens is 1. The molecule has 0 bridgehead atoms. The number of methoxy groups -OCH3 is 1. The average Bonchev–Trinajstić information content (AvgIpc) is 3.23. The lowest BCUT2D eigenvalue weighted by atomic mass is 10.1. The highest BCUT2D eigenvalue weighted by molar-refractivity contribution is 5.88. The molecule has 1 aromatic heterocycles. The molecule has 1 unspecified atom stereocenters. The summed E-state index contributed by atoms with van der Waals surface area (Å²) in [6, 6.07) is 3.62. The van der Waals surface area contributed by atoms with Crippen LogP contribution in [0.4, 0.5) is 11.5 Å². The zero-order chi connectivity index (χ0) is 13.8. The third-order valence-corrected chi connectivity index (χ3v) is 3.47. The first kappa shape index (κ1) is 13.6. The summed E-state index contributed by atoms with van der Waals surface area (Å²) in [4.78, 5) is 15.7. The quantitative estimate of drug-likeness (QED) is 0.771. The van der Waals surface area contributed by atoms with Gasteiger partial charge in [-0.05, 0) is 30.9 Å². The predicted octanol–water partition coefficient (Wildman–Crippen LogP) is 2.44. The van der Waals surface area contributed by atoms with Gasteiger partial charge in [0.15, 0.2) is 5.69 Å². The van der Waals surface area contributed by atoms with E-state index in [0.717, 1.165) is 18.8 Å². The molecule has 0 amide bonds. The maximum absolute atomic E-state index is 11.5. The van der Waals surface area contributed by atoms with Crippen molar-refractivity contribution in [2.24, 2.45) is 5.92 Å². The number of ether oxygens (including phenoxy) is 1. The Balaban J connectivity index is 2.10. The van der Waals surface area contributed by atoms with E-state index in [9.17, 15) is 4.79 Å². The number of nitrogens with zero attached hydrogens (tertiary/aromatic N) is 1. The third-order valence-electron chi connectivity index (χ3n) is 3.47. The molecule has 1 aliphatic carbocycles. The van der Waals surface area contributed by atoms with Crippen molar-refractivity contribution in [3.8, 4) is 0 Å². The largest absolute Gasteiger partial charge is 0.464 e. The number of anilines is 2. The van der Waals surface area contributed by atoms with Gasteiger partial charge in [-0.25, -0.2) is 9.78 Å². The Morgan fingerprint density at radius 2 is 2.32 bits per heavy atom. The SMILES string of the molecule is CCC(CC1CC1)Nc1nc(C(=O)OC)ccc1N. The number of rotatable bonds is 6. The summed E-state index contributed by atoms with van der Waals surface area (Å²) in [7, 11) is 1.34. The van der Waals surface area contributed by atoms with Crippen LogP contribution in [0.25, 0.3) is 0 Å². The van der Waals surface area contributed by atoms with Gasteiger partial charge >= 0.3 is 5.97 Å². The molecule has 2 rings (SSSR count). The number of hydrogen-bond acceptors (Lipinski definition) is 5. The molecule has 1 aliphatic rings. The van der Waals surface area contributed by atoms with Crippen molar-refractivity contribution in [3.63, 3.8) is 0 Å². The molecular formula is C14H21N3O2. The lowest BCUT2D eigenvalue weighted by molar-refractivity contribution is 0.0594. The number of nitrogen functional groups attached to an aromatic ring is 1. The van der Waals surface area contributed by atoms with Crippen LogP contribution in [-0.2, 0) is 4.74 Å². The van der Waals surface area contributed by atoms with Crippen molar-refractivity contribution >= 4 is 17.5 Å². The van der Waals surface area contributed by atoms with Crippen molar-refractivity contribution in [1.82, 2.24) is 4.98 Å². The maximum Gasteiger partial charge on any atom is 0.356 e. The number of hydrogen-bond donors (Lipinski definition) is 2. The van der Waals surface area contributed by atoms with E-state index >= 15 is 0 Å². The summed E-state index contributed by atoms with van der Waals surface area (Å²) in [5, 5.41) is 3.34. The zero-order valence-electron chi connectivity index (χ0n) is 11.5. The second-order valence-electron chi connectivity index (χ2n) is 5.05. The Hall–Kier alpha value is -1.78. The lowest BCUT2D eigenvalue weighted by Gasteiger charge is -2.18. The molecule has 1 aromatic rings. The molecule has 5 nitrogen and oxygen atoms in total. The number of carbonyl (C=O) groups excluding carboxylic acids is 1. The number of esters is 1. The van der Waals surface area contributed by atoms with Crippen LogP contribution < -0.4 is 11.1 Å². The highest BCUT2D eigenvalue weighted by atomic mass is 16.5. The summed E-state index contributed by atoms with van der Waals surface area (Å²) >= 11 is 0. The van der Waals surface area contributed by atoms with E-state index in [4.69, 9.17) is 5.73 Å². The number of nitrogens with two attached hydrogens (primary N) is 1. The zero-order valence-corrected chi connectivity index (χ0v) is 11.5. The monoisotopic (exact) mass is 263 g/mol. The van der Waals surface area contributed by atoms with Gasteiger partial charge in [0.1, 0.15) is 5.82 Å². The van der Waals surface area contributed by atoms with Crippen molar-refractivity contribution in [2.45, 2.75) is 38.6 Å². The van der Waals surface area contributed by atoms with Gasteiger partial charge in [0.2, 0.25) is 0 Å². The predicted molar refractivity (Wildman–Crippen MR) is 75.0 cm³/mol. The first-order valence-corrected chi connectivity index (χ1v) is 6.75. The highest BCUT2D eigenvalue weighted by Crippen LogP contribution is 2.35. The summed E-state index contributed by atoms with van der Waals surface area (Å²) in [6.07, 6.45) is 4.80. The summed E-state index contributed by atoms with van der Waals surface area (Å²) in [5.41, 5.74) is 6.74. The minimum Gasteiger partial charge on any atom is -0.464 e. The van der Waals surface area contributed by atoms with Crippen LogP contribution in [0.5, 0.6) is 0 Å². The highest BCUT2D eigenvalue weighted by Gasteiger charge is 2.25. The van der Waals surface area contributed by atoms with Crippen LogP contribution >= 0.6 is 0 Å². The summed E-state index contributed by atoms with van der Waals surface area (Å²) in [6.45, 7) is 2.14. The van der Waals surface area contributed by atoms with Gasteiger partial charge in [0.25, 0.3) is 0 Å². The molecular weight excluding hydrogens is 242 g/mol. The molecule has 1 atom stereocenters. The molecule has 5 heteroatoms. The van der Waals surface area contributed by atoms with Crippen LogP contribution in [0, 0.1) is 5.92 Å². The van der Waals surface area contributed by atoms with Gasteiger partial charge in [0.05, 0.1) is 12.8 Å². The van der Waals surface area contributed by atoms with Crippen molar-refractivity contribution < 1.29 is 9.53 Å². The Morgan fingerprint density at radius 1 is 1.58 bits per heavy atom. The van der Waals surface area contributed by atoms with E-state index in [1.54, 1.807) is 12.1 Å². The van der Waals surface area contributed by atoms with Crippen molar-refractivity contribution in [2.75, 3.05) is 18.2 Å². The first-order valence-electron chi connectivity index (χ1n) is 6.75. The fourth-order valence-electron chi connectivity index (χ4n) is 2.08. The van der Waals surface area contributed by atoms with Crippen LogP contribution in [0.15, 0.2) is 12.1 Å². The van der Waals surface area contributed by atoms with Gasteiger partial charge in [-0.3, -0.25) is 0 Å². The fraction of sp³-hybridized carbons (Fsp3) is 0.571. The first-order chi connectivity index (χ1) is 9.13. The lowest BCUT2D eigenvalue weighted by Crippen LogP contribution is -2.21. The molecule has 0 saturated heterocycles. The molecule has 104 valence electrons. The van der Waals surface area contributed by atoms with E-state index in [1.807, 2.05) is 0 Å². The van der Waals surface area contributed by atoms with Gasteiger partial charge in [0, 0.05) is 6.04 Å². The Labute approximate surface area is 113 Å². The van der Waals surface area contributed by atoms with E-state index in [0.29, 0.717) is 17.5 Å². The van der Waals surface area contributed by atoms with Gasteiger partial charge in [-0.15, -0.1) is 0 Å². The van der Waals surface area contributed by atoms with Crippen molar-refractivity contribution in [3.05, 3.63) is 17.8 Å². The number of pyridine rings is 1. The number of carbonyl (C=O) groups is 1. The molecule has 0 aromatic carbocycles. The minimum absolute atomic E-state index is 0.278. The fourth-order valence-corrected chi connectivity index (χ4v) is 2.08. The Bertz CT molecular complexity index is 458. The summed E-state index contributed by atoms with van der Waals surface area (Å²) in [5.74, 6) is 0.969. The number of nitrogens with one attached hydrogen (secondary N) is 1. The molecule has 3 N–H and O–H groups in total. The van der Waals surface area contributed by atoms with Crippen LogP contribution in [0.2, 0.25) is 0 Å². The van der Waals surface area contributed by atoms with Gasteiger partial charge in [-0.2, -0.15) is 0 Å². The molecule has 0 aliphatic heterocycles. The van der Waals surface area contributed by atoms with Crippen LogP contribution in [0.1, 0.15) is 43.1 Å². The maximum atomic E-state index is 11.5. The van der Waals surface area contributed by atoms with E-state index in [-0.39, 0.29) is 5.69 Å². The molecule has 0 spiro atoms. The standard InChI is InChI=1S/C14H21N3O2/c1-3-10(8-9-4-5-9)16-13-11(15)6-7-12(17-13)14(18)19-2/h6-7,9-10H,3-5,8,15H2,1-2H3,(H,16,17). The van der Waals surface area contributed by atoms with Gasteiger partial charge < -0.3 is 15.8 Å². The van der Waals surface area contributed by atoms with Crippen molar-refractivity contribution in [1.29, 1.82) is 0 Å². The third kappa shape index (κ3) is 3.59. The van der Waals surface area contributed by atoms with E-state index < -0.39 is 5.97 Å². The van der Waals surface area contributed by atoms with Crippen LogP contribution in [0.3, 0.4) is 0 Å². The Kier molecular flexibility index (Phi) is 4.24. The minimum atomic E-state index is -0.446. The second-order valence-corrected chi connectivity index (χ2v) is 5.05. The average molecular weight is 263 g/mol. The molecule has 1 fully saturated rings. The molecule has 1 heterocycles. The molecule has 19 heavy (non-hydrogen) atoms.